The average molecular weight is 301 g/mol. The number of rotatable bonds is 6. The molecule has 0 bridgehead atoms. The van der Waals surface area contributed by atoms with Gasteiger partial charge in [0, 0.05) is 5.56 Å². The van der Waals surface area contributed by atoms with E-state index in [2.05, 4.69) is 0 Å². The van der Waals surface area contributed by atoms with Gasteiger partial charge in [0.25, 0.3) is 0 Å². The van der Waals surface area contributed by atoms with Gasteiger partial charge in [-0.25, -0.2) is 0 Å². The zero-order valence-corrected chi connectivity index (χ0v) is 12.6. The first-order valence-electron chi connectivity index (χ1n) is 6.85. The van der Waals surface area contributed by atoms with Crippen molar-refractivity contribution in [2.75, 3.05) is 14.2 Å². The van der Waals surface area contributed by atoms with Gasteiger partial charge in [0.2, 0.25) is 0 Å². The molecule has 5 nitrogen and oxygen atoms in total. The van der Waals surface area contributed by atoms with Crippen LogP contribution in [-0.2, 0) is 11.2 Å². The van der Waals surface area contributed by atoms with E-state index in [1.54, 1.807) is 14.2 Å². The smallest absolute Gasteiger partial charge is 0.320 e. The normalized spacial score (nSPS) is 11.8. The first kappa shape index (κ1) is 15.9. The zero-order valence-electron chi connectivity index (χ0n) is 12.6. The third-order valence-corrected chi connectivity index (χ3v) is 3.44. The minimum atomic E-state index is -1.01. The summed E-state index contributed by atoms with van der Waals surface area (Å²) in [6.45, 7) is 0. The topological polar surface area (TPSA) is 81.8 Å². The molecule has 0 saturated heterocycles. The number of ether oxygens (including phenoxy) is 2. The van der Waals surface area contributed by atoms with Gasteiger partial charge in [-0.3, -0.25) is 4.79 Å². The summed E-state index contributed by atoms with van der Waals surface area (Å²) in [5.74, 6) is 0.478. The van der Waals surface area contributed by atoms with Crippen molar-refractivity contribution in [3.8, 4) is 22.6 Å². The van der Waals surface area contributed by atoms with Crippen LogP contribution in [0.2, 0.25) is 0 Å². The summed E-state index contributed by atoms with van der Waals surface area (Å²) in [5, 5.41) is 8.92. The first-order chi connectivity index (χ1) is 10.5. The molecule has 3 N–H and O–H groups in total. The molecule has 0 aliphatic heterocycles. The van der Waals surface area contributed by atoms with Crippen molar-refractivity contribution < 1.29 is 19.4 Å². The fourth-order valence-electron chi connectivity index (χ4n) is 2.22. The van der Waals surface area contributed by atoms with E-state index in [4.69, 9.17) is 20.3 Å². The molecule has 0 aromatic heterocycles. The van der Waals surface area contributed by atoms with Gasteiger partial charge in [0.1, 0.15) is 17.5 Å². The second-order valence-corrected chi connectivity index (χ2v) is 4.91. The van der Waals surface area contributed by atoms with Crippen LogP contribution in [-0.4, -0.2) is 31.3 Å². The maximum Gasteiger partial charge on any atom is 0.320 e. The number of hydrogen-bond acceptors (Lipinski definition) is 4. The van der Waals surface area contributed by atoms with Crippen LogP contribution in [0.15, 0.2) is 42.5 Å². The Hall–Kier alpha value is -2.53. The van der Waals surface area contributed by atoms with Gasteiger partial charge in [-0.1, -0.05) is 18.2 Å². The first-order valence-corrected chi connectivity index (χ1v) is 6.85. The van der Waals surface area contributed by atoms with Gasteiger partial charge in [-0.15, -0.1) is 0 Å². The van der Waals surface area contributed by atoms with Gasteiger partial charge in [-0.05, 0) is 41.8 Å². The minimum Gasteiger partial charge on any atom is -0.497 e. The Balaban J connectivity index is 2.36. The number of benzene rings is 2. The van der Waals surface area contributed by atoms with Crippen molar-refractivity contribution in [2.45, 2.75) is 12.5 Å². The molecular weight excluding hydrogens is 282 g/mol. The predicted molar refractivity (Wildman–Crippen MR) is 84.3 cm³/mol. The molecular formula is C17H19NO4. The third-order valence-electron chi connectivity index (χ3n) is 3.44. The van der Waals surface area contributed by atoms with Gasteiger partial charge < -0.3 is 20.3 Å². The highest BCUT2D eigenvalue weighted by atomic mass is 16.5. The van der Waals surface area contributed by atoms with Crippen LogP contribution in [0.4, 0.5) is 0 Å². The van der Waals surface area contributed by atoms with Gasteiger partial charge in [0.05, 0.1) is 14.2 Å². The second kappa shape index (κ2) is 6.95. The average Bonchev–Trinajstić information content (AvgIpc) is 2.54. The quantitative estimate of drug-likeness (QED) is 0.855. The molecule has 0 aliphatic rings. The Labute approximate surface area is 129 Å². The minimum absolute atomic E-state index is 0.266. The Morgan fingerprint density at radius 2 is 1.82 bits per heavy atom. The number of nitrogens with two attached hydrogens (primary N) is 1. The van der Waals surface area contributed by atoms with E-state index in [1.165, 1.54) is 0 Å². The second-order valence-electron chi connectivity index (χ2n) is 4.91. The number of hydrogen-bond donors (Lipinski definition) is 2. The molecule has 0 unspecified atom stereocenters. The van der Waals surface area contributed by atoms with Crippen LogP contribution < -0.4 is 15.2 Å². The highest BCUT2D eigenvalue weighted by Crippen LogP contribution is 2.32. The Kier molecular flexibility index (Phi) is 5.01. The molecule has 1 atom stereocenters. The summed E-state index contributed by atoms with van der Waals surface area (Å²) in [6, 6.07) is 12.2. The maximum absolute atomic E-state index is 10.9. The molecule has 22 heavy (non-hydrogen) atoms. The largest absolute Gasteiger partial charge is 0.497 e. The lowest BCUT2D eigenvalue weighted by Gasteiger charge is -2.13. The van der Waals surface area contributed by atoms with Crippen LogP contribution in [0, 0.1) is 0 Å². The van der Waals surface area contributed by atoms with Crippen molar-refractivity contribution >= 4 is 5.97 Å². The predicted octanol–water partition coefficient (Wildman–Crippen LogP) is 2.33. The summed E-state index contributed by atoms with van der Waals surface area (Å²) in [6.07, 6.45) is 0.266. The third kappa shape index (κ3) is 3.56. The highest BCUT2D eigenvalue weighted by molar-refractivity contribution is 5.75. The van der Waals surface area contributed by atoms with Crippen molar-refractivity contribution in [3.63, 3.8) is 0 Å². The van der Waals surface area contributed by atoms with Crippen molar-refractivity contribution in [1.82, 2.24) is 0 Å². The van der Waals surface area contributed by atoms with Crippen molar-refractivity contribution in [1.29, 1.82) is 0 Å². The molecule has 2 aromatic rings. The zero-order chi connectivity index (χ0) is 16.1. The van der Waals surface area contributed by atoms with Crippen LogP contribution in [0.5, 0.6) is 11.5 Å². The van der Waals surface area contributed by atoms with Crippen LogP contribution in [0.3, 0.4) is 0 Å². The molecule has 116 valence electrons. The van der Waals surface area contributed by atoms with Gasteiger partial charge >= 0.3 is 5.97 Å². The summed E-state index contributed by atoms with van der Waals surface area (Å²) < 4.78 is 10.5. The fraction of sp³-hybridized carbons (Fsp3) is 0.235. The Morgan fingerprint density at radius 3 is 2.36 bits per heavy atom. The summed E-state index contributed by atoms with van der Waals surface area (Å²) in [4.78, 5) is 10.9. The van der Waals surface area contributed by atoms with Crippen LogP contribution >= 0.6 is 0 Å². The molecule has 0 fully saturated rings. The van der Waals surface area contributed by atoms with Gasteiger partial charge in [-0.2, -0.15) is 0 Å². The van der Waals surface area contributed by atoms with E-state index in [1.807, 2.05) is 42.5 Å². The number of carboxylic acid groups (broad SMARTS) is 1. The molecule has 0 saturated carbocycles. The van der Waals surface area contributed by atoms with Crippen molar-refractivity contribution in [2.24, 2.45) is 5.73 Å². The lowest BCUT2D eigenvalue weighted by molar-refractivity contribution is -0.138. The van der Waals surface area contributed by atoms with Crippen LogP contribution in [0.1, 0.15) is 5.56 Å². The molecule has 0 amide bonds. The standard InChI is InChI=1S/C17H19NO4/c1-21-13-6-4-12(5-7-13)14-9-11(3-8-16(14)22-2)10-15(18)17(19)20/h3-9,15H,10,18H2,1-2H3,(H,19,20)/t15-/m0/s1. The summed E-state index contributed by atoms with van der Waals surface area (Å²) in [5.41, 5.74) is 8.30. The lowest BCUT2D eigenvalue weighted by atomic mass is 9.98. The number of carboxylic acids is 1. The van der Waals surface area contributed by atoms with E-state index in [0.29, 0.717) is 0 Å². The van der Waals surface area contributed by atoms with E-state index in [0.717, 1.165) is 28.2 Å². The summed E-state index contributed by atoms with van der Waals surface area (Å²) in [7, 11) is 3.22. The Bertz CT molecular complexity index is 652. The monoisotopic (exact) mass is 301 g/mol. The van der Waals surface area contributed by atoms with Gasteiger partial charge in [0.15, 0.2) is 0 Å². The van der Waals surface area contributed by atoms with Crippen molar-refractivity contribution in [3.05, 3.63) is 48.0 Å². The number of aliphatic carboxylic acids is 1. The van der Waals surface area contributed by atoms with E-state index >= 15 is 0 Å². The molecule has 5 heteroatoms. The lowest BCUT2D eigenvalue weighted by Crippen LogP contribution is -2.32. The number of carbonyl (C=O) groups is 1. The van der Waals surface area contributed by atoms with Crippen LogP contribution in [0.25, 0.3) is 11.1 Å². The van der Waals surface area contributed by atoms with E-state index in [9.17, 15) is 4.79 Å². The maximum atomic E-state index is 10.9. The number of methoxy groups -OCH3 is 2. The summed E-state index contributed by atoms with van der Waals surface area (Å²) >= 11 is 0. The molecule has 2 aromatic carbocycles. The molecule has 2 rings (SSSR count). The SMILES string of the molecule is COc1ccc(-c2cc(C[C@H](N)C(=O)O)ccc2OC)cc1. The molecule has 0 spiro atoms. The molecule has 0 aliphatic carbocycles. The molecule has 0 radical (unpaired) electrons. The van der Waals surface area contributed by atoms with E-state index < -0.39 is 12.0 Å². The highest BCUT2D eigenvalue weighted by Gasteiger charge is 2.14. The van der Waals surface area contributed by atoms with E-state index in [-0.39, 0.29) is 6.42 Å². The fourth-order valence-corrected chi connectivity index (χ4v) is 2.22. The molecule has 0 heterocycles. The Morgan fingerprint density at radius 1 is 1.14 bits per heavy atom.